The molecule has 0 radical (unpaired) electrons. The van der Waals surface area contributed by atoms with E-state index in [1.165, 1.54) is 68.0 Å². The predicted octanol–water partition coefficient (Wildman–Crippen LogP) is 3.99. The molecule has 4 fully saturated rings. The highest BCUT2D eigenvalue weighted by molar-refractivity contribution is 6.31. The topological polar surface area (TPSA) is 259 Å². The number of halogens is 4. The first-order chi connectivity index (χ1) is 40.6. The van der Waals surface area contributed by atoms with Crippen LogP contribution in [0, 0.1) is 23.7 Å². The third kappa shape index (κ3) is 18.5. The summed E-state index contributed by atoms with van der Waals surface area (Å²) < 4.78 is 41.1. The summed E-state index contributed by atoms with van der Waals surface area (Å²) >= 11 is 6.08. The fourth-order valence-corrected chi connectivity index (χ4v) is 12.3. The molecule has 8 atom stereocenters. The molecule has 4 N–H and O–H groups in total. The number of amides is 11. The van der Waals surface area contributed by atoms with Crippen molar-refractivity contribution >= 4 is 76.6 Å². The minimum Gasteiger partial charge on any atom is -0.351 e. The molecule has 2 saturated heterocycles. The minimum atomic E-state index is -4.74. The summed E-state index contributed by atoms with van der Waals surface area (Å²) in [5.41, 5.74) is -2.25. The molecule has 87 heavy (non-hydrogen) atoms. The number of likely N-dealkylation sites (N-methyl/N-ethyl adjacent to an activating group) is 6. The highest BCUT2D eigenvalue weighted by Gasteiger charge is 2.50. The Morgan fingerprint density at radius 3 is 1.86 bits per heavy atom. The van der Waals surface area contributed by atoms with Crippen molar-refractivity contribution in [2.45, 2.75) is 192 Å². The summed E-state index contributed by atoms with van der Waals surface area (Å²) in [5, 5.41) is 10.9. The average Bonchev–Trinajstić information content (AvgIpc) is 2.31. The second-order valence-electron chi connectivity index (χ2n) is 25.5. The summed E-state index contributed by atoms with van der Waals surface area (Å²) in [6.07, 6.45) is -0.754. The van der Waals surface area contributed by atoms with Crippen LogP contribution in [0.5, 0.6) is 0 Å². The number of alkyl halides is 3. The Labute approximate surface area is 515 Å². The van der Waals surface area contributed by atoms with Gasteiger partial charge in [-0.25, -0.2) is 0 Å². The SMILES string of the molecule is CC[C@H](C)[C@@H]1NC(=O)[C@H](CC(C)C)N(C)C(=O)C[C@@H](C)NC(=O)[C@H](C(C)C)N(C)C(=O)C2(CCCC2)NC(=O)[C@@H]2CCCN2C(=O)[C@H](CCc2ccc(C(F)(F)F)c(Cl)c2)NC(=O)CN(C)C(=O)[C@H](CC2CC2)N(C)C(=O)CN(C)C(=O)CN(C)C1=O. The van der Waals surface area contributed by atoms with Crippen molar-refractivity contribution in [3.63, 3.8) is 0 Å². The summed E-state index contributed by atoms with van der Waals surface area (Å²) in [4.78, 5) is 167. The van der Waals surface area contributed by atoms with Crippen LogP contribution in [0.4, 0.5) is 13.2 Å². The quantitative estimate of drug-likeness (QED) is 0.261. The fourth-order valence-electron chi connectivity index (χ4n) is 12.0. The van der Waals surface area contributed by atoms with Gasteiger partial charge < -0.3 is 55.6 Å². The number of rotatable bonds is 10. The second kappa shape index (κ2) is 30.6. The summed E-state index contributed by atoms with van der Waals surface area (Å²) in [6.45, 7) is 10.9. The van der Waals surface area contributed by atoms with Crippen LogP contribution in [0.15, 0.2) is 18.2 Å². The van der Waals surface area contributed by atoms with E-state index in [9.17, 15) is 65.9 Å². The maximum atomic E-state index is 14.9. The number of hydrogen-bond acceptors (Lipinski definition) is 11. The van der Waals surface area contributed by atoms with E-state index >= 15 is 0 Å². The van der Waals surface area contributed by atoms with Crippen molar-refractivity contribution in [2.24, 2.45) is 23.7 Å². The van der Waals surface area contributed by atoms with E-state index in [1.807, 2.05) is 20.8 Å². The van der Waals surface area contributed by atoms with Gasteiger partial charge in [-0.2, -0.15) is 13.2 Å². The van der Waals surface area contributed by atoms with Gasteiger partial charge in [0.15, 0.2) is 0 Å². The van der Waals surface area contributed by atoms with Gasteiger partial charge in [-0.15, -0.1) is 0 Å². The van der Waals surface area contributed by atoms with Gasteiger partial charge in [-0.05, 0) is 99.7 Å². The van der Waals surface area contributed by atoms with E-state index < -0.39 is 161 Å². The lowest BCUT2D eigenvalue weighted by Crippen LogP contribution is -2.64. The Balaban J connectivity index is 1.52. The number of aryl methyl sites for hydroxylation is 1. The number of carbonyl (C=O) groups is 11. The van der Waals surface area contributed by atoms with Gasteiger partial charge in [0, 0.05) is 61.3 Å². The Bertz CT molecular complexity index is 2710. The zero-order chi connectivity index (χ0) is 65.2. The van der Waals surface area contributed by atoms with Gasteiger partial charge in [0.1, 0.15) is 41.8 Å². The van der Waals surface area contributed by atoms with E-state index in [1.54, 1.807) is 27.7 Å². The van der Waals surface area contributed by atoms with Gasteiger partial charge in [-0.3, -0.25) is 52.7 Å². The zero-order valence-electron chi connectivity index (χ0n) is 52.9. The first-order valence-corrected chi connectivity index (χ1v) is 30.9. The molecule has 26 heteroatoms. The van der Waals surface area contributed by atoms with Crippen molar-refractivity contribution in [2.75, 3.05) is 68.5 Å². The zero-order valence-corrected chi connectivity index (χ0v) is 53.7. The first kappa shape index (κ1) is 71.2. The van der Waals surface area contributed by atoms with Gasteiger partial charge in [0.2, 0.25) is 65.0 Å². The third-order valence-electron chi connectivity index (χ3n) is 17.6. The third-order valence-corrected chi connectivity index (χ3v) is 17.9. The van der Waals surface area contributed by atoms with Gasteiger partial charge in [-0.1, -0.05) is 91.3 Å². The summed E-state index contributed by atoms with van der Waals surface area (Å²) in [7, 11) is 8.47. The van der Waals surface area contributed by atoms with Crippen LogP contribution in [0.3, 0.4) is 0 Å². The van der Waals surface area contributed by atoms with E-state index in [2.05, 4.69) is 21.3 Å². The molecular weight excluding hydrogens is 1160 g/mol. The Morgan fingerprint density at radius 1 is 0.678 bits per heavy atom. The number of benzene rings is 1. The minimum absolute atomic E-state index is 0.0593. The van der Waals surface area contributed by atoms with Crippen molar-refractivity contribution < 1.29 is 65.9 Å². The molecule has 486 valence electrons. The van der Waals surface area contributed by atoms with Crippen LogP contribution in [0.2, 0.25) is 5.02 Å². The van der Waals surface area contributed by atoms with E-state index in [4.69, 9.17) is 11.6 Å². The molecule has 0 aromatic heterocycles. The van der Waals surface area contributed by atoms with E-state index in [0.717, 1.165) is 39.7 Å². The molecule has 1 spiro atoms. The van der Waals surface area contributed by atoms with Gasteiger partial charge in [0.25, 0.3) is 0 Å². The highest BCUT2D eigenvalue weighted by Crippen LogP contribution is 2.37. The van der Waals surface area contributed by atoms with Crippen LogP contribution >= 0.6 is 11.6 Å². The molecule has 2 aliphatic heterocycles. The molecule has 0 unspecified atom stereocenters. The molecule has 2 heterocycles. The highest BCUT2D eigenvalue weighted by atomic mass is 35.5. The number of hydrogen-bond donors (Lipinski definition) is 4. The Kier molecular flexibility index (Phi) is 25.0. The van der Waals surface area contributed by atoms with Crippen LogP contribution in [0.25, 0.3) is 0 Å². The average molecular weight is 1250 g/mol. The maximum absolute atomic E-state index is 14.9. The molecule has 2 aliphatic carbocycles. The van der Waals surface area contributed by atoms with Gasteiger partial charge in [0.05, 0.1) is 30.2 Å². The summed E-state index contributed by atoms with van der Waals surface area (Å²) in [6, 6.07) is -4.57. The van der Waals surface area contributed by atoms with E-state index in [-0.39, 0.29) is 69.7 Å². The van der Waals surface area contributed by atoms with Crippen molar-refractivity contribution in [1.29, 1.82) is 0 Å². The molecule has 11 amide bonds. The maximum Gasteiger partial charge on any atom is 0.417 e. The fraction of sp³-hybridized carbons (Fsp3) is 0.721. The monoisotopic (exact) mass is 1250 g/mol. The molecule has 1 aromatic carbocycles. The first-order valence-electron chi connectivity index (χ1n) is 30.5. The van der Waals surface area contributed by atoms with Crippen LogP contribution in [-0.2, 0) is 65.3 Å². The van der Waals surface area contributed by atoms with Crippen LogP contribution < -0.4 is 21.3 Å². The predicted molar refractivity (Wildman–Crippen MR) is 319 cm³/mol. The van der Waals surface area contributed by atoms with E-state index in [0.29, 0.717) is 31.2 Å². The second-order valence-corrected chi connectivity index (χ2v) is 25.9. The summed E-state index contributed by atoms with van der Waals surface area (Å²) in [5.74, 6) is -7.80. The molecular formula is C61H93ClF3N11O11. The number of carbonyl (C=O) groups excluding carboxylic acids is 11. The Morgan fingerprint density at radius 2 is 1.29 bits per heavy atom. The lowest BCUT2D eigenvalue weighted by atomic mass is 9.92. The smallest absolute Gasteiger partial charge is 0.351 e. The van der Waals surface area contributed by atoms with Crippen molar-refractivity contribution in [3.8, 4) is 0 Å². The molecule has 0 bridgehead atoms. The number of nitrogens with one attached hydrogen (secondary N) is 4. The lowest BCUT2D eigenvalue weighted by molar-refractivity contribution is -0.149. The lowest BCUT2D eigenvalue weighted by Gasteiger charge is -2.39. The standard InChI is InChI=1S/C61H93ClF3N11O11/c1-14-37(6)51-58(86)72(10)33-49(79)70(8)34-50(80)74(12)46(31-40-19-20-40)57(85)71(9)32-47(77)67-43(24-22-39-21-23-41(42(62)30-39)61(63,64)65)56(84)76-27-17-18-44(76)54(82)69-60(25-15-16-26-60)59(87)75(13)52(36(4)5)55(83)66-38(7)29-48(78)73(11)45(28-35(2)3)53(81)68-51/h21,23,30,35-38,40,43-46,51-52H,14-20,22,24-29,31-34H2,1-13H3,(H,66,83)(H,67,77)(H,68,81)(H,69,82)/t37-,38+,43-,44-,45-,46-,51-,52-/m0/s1. The largest absolute Gasteiger partial charge is 0.417 e. The van der Waals surface area contributed by atoms with Crippen molar-refractivity contribution in [1.82, 2.24) is 55.6 Å². The Hall–Kier alpha value is -6.53. The van der Waals surface area contributed by atoms with Gasteiger partial charge >= 0.3 is 6.18 Å². The molecule has 22 nitrogen and oxygen atoms in total. The van der Waals surface area contributed by atoms with Crippen molar-refractivity contribution in [3.05, 3.63) is 34.3 Å². The molecule has 2 saturated carbocycles. The molecule has 5 rings (SSSR count). The molecule has 1 aromatic rings. The number of fused-ring (bicyclic) bond motifs is 1. The van der Waals surface area contributed by atoms with Crippen LogP contribution in [0.1, 0.15) is 143 Å². The molecule has 4 aliphatic rings. The normalized spacial score (nSPS) is 26.4. The van der Waals surface area contributed by atoms with Crippen LogP contribution in [-0.4, -0.2) is 216 Å². The number of nitrogens with zero attached hydrogens (tertiary/aromatic N) is 7.